The smallest absolute Gasteiger partial charge is 0.278 e. The van der Waals surface area contributed by atoms with Crippen LogP contribution in [-0.4, -0.2) is 23.8 Å². The fraction of sp³-hybridized carbons (Fsp3) is 0.0909. The highest BCUT2D eigenvalue weighted by molar-refractivity contribution is 6.19. The Hall–Kier alpha value is -3.67. The SMILES string of the molecule is COc1ccccc1/C=C1\N=C(c2ccccc2)N(Cc2ccco2)C1=O.F. The molecule has 6 heteroatoms. The molecule has 142 valence electrons. The molecule has 3 aromatic rings. The number of ether oxygens (including phenoxy) is 1. The van der Waals surface area contributed by atoms with Crippen molar-refractivity contribution in [2.24, 2.45) is 4.99 Å². The first kappa shape index (κ1) is 19.1. The Balaban J connectivity index is 0.00000225. The lowest BCUT2D eigenvalue weighted by Crippen LogP contribution is -2.32. The van der Waals surface area contributed by atoms with Crippen molar-refractivity contribution in [1.29, 1.82) is 0 Å². The Bertz CT molecular complexity index is 1010. The van der Waals surface area contributed by atoms with Crippen LogP contribution in [0.15, 0.2) is 88.1 Å². The van der Waals surface area contributed by atoms with Gasteiger partial charge in [0.2, 0.25) is 0 Å². The van der Waals surface area contributed by atoms with E-state index in [4.69, 9.17) is 9.15 Å². The minimum atomic E-state index is -0.170. The van der Waals surface area contributed by atoms with Crippen LogP contribution in [0, 0.1) is 0 Å². The molecule has 0 aliphatic carbocycles. The number of halogens is 1. The monoisotopic (exact) mass is 378 g/mol. The number of hydrogen-bond acceptors (Lipinski definition) is 4. The molecule has 0 spiro atoms. The van der Waals surface area contributed by atoms with Gasteiger partial charge in [0, 0.05) is 11.1 Å². The number of para-hydroxylation sites is 1. The fourth-order valence-corrected chi connectivity index (χ4v) is 3.00. The summed E-state index contributed by atoms with van der Waals surface area (Å²) in [5.74, 6) is 1.83. The molecule has 1 aliphatic rings. The normalized spacial score (nSPS) is 14.8. The van der Waals surface area contributed by atoms with Gasteiger partial charge in [0.25, 0.3) is 5.91 Å². The molecule has 0 N–H and O–H groups in total. The zero-order valence-corrected chi connectivity index (χ0v) is 15.2. The van der Waals surface area contributed by atoms with E-state index in [-0.39, 0.29) is 10.6 Å². The molecule has 0 unspecified atom stereocenters. The number of furan rings is 1. The molecule has 0 fully saturated rings. The molecule has 4 rings (SSSR count). The summed E-state index contributed by atoms with van der Waals surface area (Å²) in [6, 6.07) is 20.9. The second-order valence-corrected chi connectivity index (χ2v) is 6.04. The molecule has 0 bridgehead atoms. The molecule has 1 aromatic heterocycles. The zero-order chi connectivity index (χ0) is 18.6. The molecule has 2 aromatic carbocycles. The van der Waals surface area contributed by atoms with Crippen LogP contribution in [0.3, 0.4) is 0 Å². The van der Waals surface area contributed by atoms with Crippen molar-refractivity contribution in [2.75, 3.05) is 7.11 Å². The Morgan fingerprint density at radius 1 is 1.04 bits per heavy atom. The Labute approximate surface area is 161 Å². The van der Waals surface area contributed by atoms with Crippen LogP contribution < -0.4 is 4.74 Å². The number of carbonyl (C=O) groups is 1. The first-order valence-corrected chi connectivity index (χ1v) is 8.59. The lowest BCUT2D eigenvalue weighted by molar-refractivity contribution is -0.123. The number of nitrogens with zero attached hydrogens (tertiary/aromatic N) is 2. The van der Waals surface area contributed by atoms with E-state index in [0.717, 1.165) is 11.1 Å². The number of amides is 1. The summed E-state index contributed by atoms with van der Waals surface area (Å²) in [5, 5.41) is 0. The van der Waals surface area contributed by atoms with E-state index in [1.807, 2.05) is 60.7 Å². The lowest BCUT2D eigenvalue weighted by Gasteiger charge is -2.17. The summed E-state index contributed by atoms with van der Waals surface area (Å²) in [5.41, 5.74) is 2.05. The standard InChI is InChI=1S/C22H18N2O3.FH/c1-26-20-12-6-5-10-17(20)14-19-22(25)24(15-18-11-7-13-27-18)21(23-19)16-8-3-2-4-9-16;/h2-14H,15H2,1H3;1H/b19-14-;. The van der Waals surface area contributed by atoms with Gasteiger partial charge in [-0.3, -0.25) is 14.4 Å². The first-order chi connectivity index (χ1) is 13.3. The summed E-state index contributed by atoms with van der Waals surface area (Å²) in [6.07, 6.45) is 3.35. The maximum atomic E-state index is 13.1. The molecule has 0 saturated heterocycles. The molecule has 28 heavy (non-hydrogen) atoms. The zero-order valence-electron chi connectivity index (χ0n) is 15.2. The van der Waals surface area contributed by atoms with Crippen molar-refractivity contribution in [3.63, 3.8) is 0 Å². The summed E-state index contributed by atoms with van der Waals surface area (Å²) in [7, 11) is 1.61. The van der Waals surface area contributed by atoms with E-state index in [1.165, 1.54) is 0 Å². The Kier molecular flexibility index (Phi) is 5.69. The van der Waals surface area contributed by atoms with Gasteiger partial charge in [-0.1, -0.05) is 48.5 Å². The molecule has 0 radical (unpaired) electrons. The van der Waals surface area contributed by atoms with Gasteiger partial charge in [-0.05, 0) is 24.3 Å². The average molecular weight is 378 g/mol. The summed E-state index contributed by atoms with van der Waals surface area (Å²) < 4.78 is 10.8. The fourth-order valence-electron chi connectivity index (χ4n) is 3.00. The third-order valence-electron chi connectivity index (χ3n) is 4.30. The van der Waals surface area contributed by atoms with Crippen LogP contribution >= 0.6 is 0 Å². The van der Waals surface area contributed by atoms with Crippen molar-refractivity contribution in [1.82, 2.24) is 4.90 Å². The number of methoxy groups -OCH3 is 1. The Morgan fingerprint density at radius 2 is 1.79 bits per heavy atom. The van der Waals surface area contributed by atoms with Gasteiger partial charge in [-0.15, -0.1) is 0 Å². The number of hydrogen-bond donors (Lipinski definition) is 0. The summed E-state index contributed by atoms with van der Waals surface area (Å²) in [4.78, 5) is 19.3. The summed E-state index contributed by atoms with van der Waals surface area (Å²) >= 11 is 0. The molecule has 5 nitrogen and oxygen atoms in total. The average Bonchev–Trinajstić information content (AvgIpc) is 3.33. The van der Waals surface area contributed by atoms with E-state index in [1.54, 1.807) is 30.4 Å². The van der Waals surface area contributed by atoms with Gasteiger partial charge in [-0.25, -0.2) is 4.99 Å². The minimum absolute atomic E-state index is 0. The van der Waals surface area contributed by atoms with E-state index >= 15 is 0 Å². The number of benzene rings is 2. The van der Waals surface area contributed by atoms with Gasteiger partial charge < -0.3 is 9.15 Å². The number of amidine groups is 1. The largest absolute Gasteiger partial charge is 0.496 e. The second kappa shape index (κ2) is 8.35. The van der Waals surface area contributed by atoms with Crippen molar-refractivity contribution < 1.29 is 18.7 Å². The maximum absolute atomic E-state index is 13.1. The third kappa shape index (κ3) is 3.71. The van der Waals surface area contributed by atoms with Crippen molar-refractivity contribution in [2.45, 2.75) is 6.54 Å². The highest BCUT2D eigenvalue weighted by Gasteiger charge is 2.31. The summed E-state index contributed by atoms with van der Waals surface area (Å²) in [6.45, 7) is 0.322. The van der Waals surface area contributed by atoms with Gasteiger partial charge in [-0.2, -0.15) is 0 Å². The van der Waals surface area contributed by atoms with Gasteiger partial charge in [0.15, 0.2) is 0 Å². The van der Waals surface area contributed by atoms with Crippen LogP contribution in [0.25, 0.3) is 6.08 Å². The molecule has 1 amide bonds. The number of carbonyl (C=O) groups excluding carboxylic acids is 1. The van der Waals surface area contributed by atoms with Crippen LogP contribution in [0.1, 0.15) is 16.9 Å². The van der Waals surface area contributed by atoms with E-state index in [2.05, 4.69) is 4.99 Å². The van der Waals surface area contributed by atoms with E-state index in [0.29, 0.717) is 29.6 Å². The van der Waals surface area contributed by atoms with Gasteiger partial charge in [0.05, 0.1) is 19.9 Å². The second-order valence-electron chi connectivity index (χ2n) is 6.04. The predicted molar refractivity (Wildman–Crippen MR) is 106 cm³/mol. The minimum Gasteiger partial charge on any atom is -0.496 e. The maximum Gasteiger partial charge on any atom is 0.278 e. The van der Waals surface area contributed by atoms with Gasteiger partial charge >= 0.3 is 0 Å². The van der Waals surface area contributed by atoms with Crippen LogP contribution in [0.5, 0.6) is 5.75 Å². The number of aliphatic imine (C=N–C) groups is 1. The van der Waals surface area contributed by atoms with E-state index < -0.39 is 0 Å². The molecule has 2 heterocycles. The molecular weight excluding hydrogens is 359 g/mol. The number of rotatable bonds is 5. The lowest BCUT2D eigenvalue weighted by atomic mass is 10.1. The molecule has 1 aliphatic heterocycles. The Morgan fingerprint density at radius 3 is 2.50 bits per heavy atom. The van der Waals surface area contributed by atoms with Crippen LogP contribution in [0.4, 0.5) is 4.70 Å². The first-order valence-electron chi connectivity index (χ1n) is 8.59. The van der Waals surface area contributed by atoms with Crippen LogP contribution in [0.2, 0.25) is 0 Å². The third-order valence-corrected chi connectivity index (χ3v) is 4.30. The molecular formula is C22H19FN2O3. The van der Waals surface area contributed by atoms with Gasteiger partial charge in [0.1, 0.15) is 23.0 Å². The van der Waals surface area contributed by atoms with Crippen molar-refractivity contribution in [3.8, 4) is 5.75 Å². The topological polar surface area (TPSA) is 55.0 Å². The predicted octanol–water partition coefficient (Wildman–Crippen LogP) is 4.27. The molecule has 0 atom stereocenters. The van der Waals surface area contributed by atoms with Crippen molar-refractivity contribution >= 4 is 17.8 Å². The molecule has 0 saturated carbocycles. The highest BCUT2D eigenvalue weighted by atomic mass is 19.0. The highest BCUT2D eigenvalue weighted by Crippen LogP contribution is 2.27. The van der Waals surface area contributed by atoms with Crippen LogP contribution in [-0.2, 0) is 11.3 Å². The quantitative estimate of drug-likeness (QED) is 0.623. The van der Waals surface area contributed by atoms with E-state index in [9.17, 15) is 4.79 Å². The van der Waals surface area contributed by atoms with Crippen molar-refractivity contribution in [3.05, 3.63) is 95.6 Å².